The molecule has 0 amide bonds. The molecule has 2 aromatic carbocycles. The summed E-state index contributed by atoms with van der Waals surface area (Å²) in [4.78, 5) is 27.5. The van der Waals surface area contributed by atoms with Crippen molar-refractivity contribution in [3.63, 3.8) is 0 Å². The number of carbonyl (C=O) groups is 1. The standard InChI is InChI=1S/C17H13N3O6/c1-8-3-5-10(6-4-8)15(22)13-11(17-18-9(2)26-19-17)7-12(21)16(23)14(13)20(24)25/h3-7,21,23H,1-2H3. The van der Waals surface area contributed by atoms with Gasteiger partial charge in [0.05, 0.1) is 4.92 Å². The fraction of sp³-hybridized carbons (Fsp3) is 0.118. The van der Waals surface area contributed by atoms with E-state index in [1.807, 2.05) is 6.92 Å². The first kappa shape index (κ1) is 17.1. The predicted octanol–water partition coefficient (Wildman–Crippen LogP) is 2.90. The fourth-order valence-electron chi connectivity index (χ4n) is 2.49. The minimum Gasteiger partial charge on any atom is -0.504 e. The van der Waals surface area contributed by atoms with E-state index < -0.39 is 33.5 Å². The number of benzene rings is 2. The lowest BCUT2D eigenvalue weighted by Gasteiger charge is -2.10. The second kappa shape index (κ2) is 6.28. The molecule has 3 rings (SSSR count). The first-order chi connectivity index (χ1) is 12.3. The van der Waals surface area contributed by atoms with Gasteiger partial charge in [-0.2, -0.15) is 4.98 Å². The number of nitro groups is 1. The Morgan fingerprint density at radius 1 is 1.19 bits per heavy atom. The van der Waals surface area contributed by atoms with Gasteiger partial charge in [-0.25, -0.2) is 0 Å². The molecule has 1 aromatic heterocycles. The molecule has 0 atom stereocenters. The smallest absolute Gasteiger partial charge is 0.326 e. The lowest BCUT2D eigenvalue weighted by Crippen LogP contribution is -2.09. The number of hydrogen-bond donors (Lipinski definition) is 2. The van der Waals surface area contributed by atoms with E-state index in [4.69, 9.17) is 4.52 Å². The van der Waals surface area contributed by atoms with Crippen LogP contribution in [-0.2, 0) is 0 Å². The van der Waals surface area contributed by atoms with Crippen LogP contribution in [0.2, 0.25) is 0 Å². The minimum absolute atomic E-state index is 0.114. The maximum Gasteiger partial charge on any atom is 0.326 e. The number of hydrogen-bond acceptors (Lipinski definition) is 8. The van der Waals surface area contributed by atoms with Crippen molar-refractivity contribution in [3.8, 4) is 22.9 Å². The molecular formula is C17H13N3O6. The highest BCUT2D eigenvalue weighted by atomic mass is 16.6. The number of rotatable bonds is 4. The van der Waals surface area contributed by atoms with E-state index in [9.17, 15) is 25.1 Å². The molecule has 0 saturated heterocycles. The highest BCUT2D eigenvalue weighted by molar-refractivity contribution is 6.16. The van der Waals surface area contributed by atoms with Crippen LogP contribution in [0.1, 0.15) is 27.4 Å². The summed E-state index contributed by atoms with van der Waals surface area (Å²) in [6.07, 6.45) is 0. The second-order valence-electron chi connectivity index (χ2n) is 5.60. The van der Waals surface area contributed by atoms with E-state index in [0.717, 1.165) is 11.6 Å². The molecule has 26 heavy (non-hydrogen) atoms. The zero-order chi connectivity index (χ0) is 19.0. The minimum atomic E-state index is -1.01. The molecule has 0 aliphatic heterocycles. The van der Waals surface area contributed by atoms with Crippen molar-refractivity contribution >= 4 is 11.5 Å². The van der Waals surface area contributed by atoms with Crippen LogP contribution in [0.5, 0.6) is 11.5 Å². The predicted molar refractivity (Wildman–Crippen MR) is 89.1 cm³/mol. The van der Waals surface area contributed by atoms with Gasteiger partial charge < -0.3 is 14.7 Å². The summed E-state index contributed by atoms with van der Waals surface area (Å²) in [5, 5.41) is 35.0. The fourth-order valence-corrected chi connectivity index (χ4v) is 2.49. The molecule has 1 heterocycles. The first-order valence-electron chi connectivity index (χ1n) is 7.45. The van der Waals surface area contributed by atoms with Gasteiger partial charge in [0.1, 0.15) is 5.56 Å². The Bertz CT molecular complexity index is 1020. The number of nitro benzene ring substituents is 1. The topological polar surface area (TPSA) is 140 Å². The number of aryl methyl sites for hydroxylation is 2. The van der Waals surface area contributed by atoms with Crippen LogP contribution < -0.4 is 0 Å². The summed E-state index contributed by atoms with van der Waals surface area (Å²) in [5.41, 5.74) is -0.402. The van der Waals surface area contributed by atoms with E-state index in [1.54, 1.807) is 12.1 Å². The van der Waals surface area contributed by atoms with Crippen molar-refractivity contribution in [1.29, 1.82) is 0 Å². The monoisotopic (exact) mass is 355 g/mol. The molecule has 9 nitrogen and oxygen atoms in total. The van der Waals surface area contributed by atoms with E-state index in [2.05, 4.69) is 10.1 Å². The van der Waals surface area contributed by atoms with Crippen LogP contribution in [0.25, 0.3) is 11.4 Å². The van der Waals surface area contributed by atoms with E-state index in [-0.39, 0.29) is 22.8 Å². The molecule has 0 spiro atoms. The molecule has 0 fully saturated rings. The van der Waals surface area contributed by atoms with Gasteiger partial charge in [-0.1, -0.05) is 35.0 Å². The maximum atomic E-state index is 13.0. The summed E-state index contributed by atoms with van der Waals surface area (Å²) >= 11 is 0. The van der Waals surface area contributed by atoms with Crippen molar-refractivity contribution in [3.05, 3.63) is 63.0 Å². The summed E-state index contributed by atoms with van der Waals surface area (Å²) in [5.74, 6) is -2.44. The van der Waals surface area contributed by atoms with Crippen LogP contribution in [0, 0.1) is 24.0 Å². The van der Waals surface area contributed by atoms with Crippen LogP contribution >= 0.6 is 0 Å². The molecule has 9 heteroatoms. The average molecular weight is 355 g/mol. The Morgan fingerprint density at radius 3 is 2.38 bits per heavy atom. The first-order valence-corrected chi connectivity index (χ1v) is 7.45. The Kier molecular flexibility index (Phi) is 4.13. The zero-order valence-electron chi connectivity index (χ0n) is 13.8. The van der Waals surface area contributed by atoms with Crippen molar-refractivity contribution in [1.82, 2.24) is 10.1 Å². The third kappa shape index (κ3) is 2.86. The number of carbonyl (C=O) groups excluding carboxylic acids is 1. The summed E-state index contributed by atoms with van der Waals surface area (Å²) in [7, 11) is 0. The molecule has 0 aliphatic carbocycles. The highest BCUT2D eigenvalue weighted by Crippen LogP contribution is 2.44. The summed E-state index contributed by atoms with van der Waals surface area (Å²) in [6, 6.07) is 7.37. The lowest BCUT2D eigenvalue weighted by atomic mass is 9.94. The number of nitrogens with zero attached hydrogens (tertiary/aromatic N) is 3. The largest absolute Gasteiger partial charge is 0.504 e. The number of aromatic hydroxyl groups is 2. The lowest BCUT2D eigenvalue weighted by molar-refractivity contribution is -0.386. The molecule has 2 N–H and O–H groups in total. The molecular weight excluding hydrogens is 342 g/mol. The summed E-state index contributed by atoms with van der Waals surface area (Å²) in [6.45, 7) is 3.34. The van der Waals surface area contributed by atoms with Gasteiger partial charge in [0, 0.05) is 18.1 Å². The van der Waals surface area contributed by atoms with E-state index in [1.165, 1.54) is 19.1 Å². The molecule has 0 radical (unpaired) electrons. The molecule has 0 aliphatic rings. The highest BCUT2D eigenvalue weighted by Gasteiger charge is 2.33. The van der Waals surface area contributed by atoms with Crippen molar-refractivity contribution in [2.24, 2.45) is 0 Å². The third-order valence-corrected chi connectivity index (χ3v) is 3.75. The van der Waals surface area contributed by atoms with Crippen LogP contribution in [0.4, 0.5) is 5.69 Å². The van der Waals surface area contributed by atoms with Gasteiger partial charge >= 0.3 is 5.69 Å². The summed E-state index contributed by atoms with van der Waals surface area (Å²) < 4.78 is 4.86. The van der Waals surface area contributed by atoms with Gasteiger partial charge in [0.25, 0.3) is 0 Å². The Hall–Kier alpha value is -3.75. The number of aromatic nitrogens is 2. The maximum absolute atomic E-state index is 13.0. The van der Waals surface area contributed by atoms with Gasteiger partial charge in [-0.05, 0) is 13.0 Å². The van der Waals surface area contributed by atoms with Crippen molar-refractivity contribution in [2.75, 3.05) is 0 Å². The van der Waals surface area contributed by atoms with Crippen LogP contribution in [0.15, 0.2) is 34.9 Å². The average Bonchev–Trinajstić information content (AvgIpc) is 3.02. The SMILES string of the molecule is Cc1ccc(C(=O)c2c(-c3noc(C)n3)cc(O)c(O)c2[N+](=O)[O-])cc1. The molecule has 0 bridgehead atoms. The zero-order valence-corrected chi connectivity index (χ0v) is 13.8. The Balaban J connectivity index is 2.33. The molecule has 0 unspecified atom stereocenters. The number of ketones is 1. The van der Waals surface area contributed by atoms with Gasteiger partial charge in [0.2, 0.25) is 23.2 Å². The van der Waals surface area contributed by atoms with E-state index >= 15 is 0 Å². The number of phenols is 2. The van der Waals surface area contributed by atoms with E-state index in [0.29, 0.717) is 0 Å². The normalized spacial score (nSPS) is 10.7. The quantitative estimate of drug-likeness (QED) is 0.315. The van der Waals surface area contributed by atoms with Crippen LogP contribution in [-0.4, -0.2) is 31.1 Å². The Labute approximate surface area is 146 Å². The van der Waals surface area contributed by atoms with Crippen LogP contribution in [0.3, 0.4) is 0 Å². The van der Waals surface area contributed by atoms with Gasteiger partial charge in [0.15, 0.2) is 5.75 Å². The second-order valence-corrected chi connectivity index (χ2v) is 5.60. The van der Waals surface area contributed by atoms with Gasteiger partial charge in [-0.3, -0.25) is 14.9 Å². The molecule has 132 valence electrons. The Morgan fingerprint density at radius 2 is 1.85 bits per heavy atom. The molecule has 0 saturated carbocycles. The van der Waals surface area contributed by atoms with Crippen molar-refractivity contribution < 1.29 is 24.5 Å². The van der Waals surface area contributed by atoms with Crippen molar-refractivity contribution in [2.45, 2.75) is 13.8 Å². The van der Waals surface area contributed by atoms with Gasteiger partial charge in [-0.15, -0.1) is 0 Å². The molecule has 3 aromatic rings. The third-order valence-electron chi connectivity index (χ3n) is 3.75. The number of phenolic OH excluding ortho intramolecular Hbond substituents is 2.